The van der Waals surface area contributed by atoms with Crippen LogP contribution in [0.25, 0.3) is 0 Å². The number of hydrogen-bond donors (Lipinski definition) is 2. The van der Waals surface area contributed by atoms with E-state index in [2.05, 4.69) is 0 Å². The second kappa shape index (κ2) is 3.56. The van der Waals surface area contributed by atoms with E-state index in [1.807, 2.05) is 0 Å². The molecule has 0 atom stereocenters. The number of hydrogen-bond acceptors (Lipinski definition) is 3. The van der Waals surface area contributed by atoms with E-state index in [0.717, 1.165) is 6.21 Å². The number of allylic oxidation sites excluding steroid dienone is 2. The molecule has 0 aliphatic rings. The highest BCUT2D eigenvalue weighted by atomic mass is 14.4. The maximum absolute atomic E-state index is 8.27. The minimum Gasteiger partial charge on any atom is -0.309 e. The van der Waals surface area contributed by atoms with Gasteiger partial charge in [0, 0.05) is 11.9 Å². The van der Waals surface area contributed by atoms with Gasteiger partial charge in [-0.2, -0.15) is 5.26 Å². The molecule has 0 aliphatic heterocycles. The highest BCUT2D eigenvalue weighted by Crippen LogP contribution is 1.90. The third kappa shape index (κ3) is 2.39. The van der Waals surface area contributed by atoms with Crippen LogP contribution in [0.5, 0.6) is 0 Å². The van der Waals surface area contributed by atoms with E-state index in [-0.39, 0.29) is 11.3 Å². The molecule has 9 heavy (non-hydrogen) atoms. The fourth-order valence-electron chi connectivity index (χ4n) is 0.329. The summed E-state index contributed by atoms with van der Waals surface area (Å²) >= 11 is 0. The van der Waals surface area contributed by atoms with Gasteiger partial charge in [-0.1, -0.05) is 0 Å². The van der Waals surface area contributed by atoms with Crippen molar-refractivity contribution in [2.45, 2.75) is 6.92 Å². The first-order valence-corrected chi connectivity index (χ1v) is 2.38. The Labute approximate surface area is 53.6 Å². The maximum Gasteiger partial charge on any atom is 0.101 e. The van der Waals surface area contributed by atoms with Gasteiger partial charge in [0.1, 0.15) is 6.07 Å². The Balaban J connectivity index is 4.38. The summed E-state index contributed by atoms with van der Waals surface area (Å²) in [5.74, 6) is 0. The van der Waals surface area contributed by atoms with Crippen LogP contribution in [0, 0.1) is 22.1 Å². The summed E-state index contributed by atoms with van der Waals surface area (Å²) < 4.78 is 0. The van der Waals surface area contributed by atoms with E-state index >= 15 is 0 Å². The lowest BCUT2D eigenvalue weighted by atomic mass is 10.2. The molecule has 0 amide bonds. The zero-order chi connectivity index (χ0) is 7.28. The number of nitrogens with zero attached hydrogens (tertiary/aromatic N) is 1. The molecule has 46 valence electrons. The van der Waals surface area contributed by atoms with Gasteiger partial charge in [-0.05, 0) is 13.0 Å². The van der Waals surface area contributed by atoms with Gasteiger partial charge in [0.25, 0.3) is 0 Å². The van der Waals surface area contributed by atoms with Gasteiger partial charge in [-0.15, -0.1) is 0 Å². The highest BCUT2D eigenvalue weighted by molar-refractivity contribution is 6.02. The quantitative estimate of drug-likeness (QED) is 0.417. The molecule has 0 heterocycles. The first-order valence-electron chi connectivity index (χ1n) is 2.38. The summed E-state index contributed by atoms with van der Waals surface area (Å²) in [6.45, 7) is 1.51. The average molecular weight is 121 g/mol. The highest BCUT2D eigenvalue weighted by Gasteiger charge is 1.93. The number of nitriles is 1. The maximum atomic E-state index is 8.27. The topological polar surface area (TPSA) is 71.5 Å². The second-order valence-corrected chi connectivity index (χ2v) is 1.48. The molecule has 0 aromatic rings. The van der Waals surface area contributed by atoms with Gasteiger partial charge in [-0.3, -0.25) is 0 Å². The van der Waals surface area contributed by atoms with Crippen LogP contribution >= 0.6 is 0 Å². The zero-order valence-corrected chi connectivity index (χ0v) is 5.10. The molecule has 0 rings (SSSR count). The van der Waals surface area contributed by atoms with Crippen LogP contribution in [0.15, 0.2) is 11.6 Å². The zero-order valence-electron chi connectivity index (χ0n) is 5.10. The second-order valence-electron chi connectivity index (χ2n) is 1.48. The molecule has 3 nitrogen and oxygen atoms in total. The van der Waals surface area contributed by atoms with E-state index in [1.54, 1.807) is 6.07 Å². The molecule has 0 fully saturated rings. The van der Waals surface area contributed by atoms with Crippen molar-refractivity contribution in [3.05, 3.63) is 11.6 Å². The van der Waals surface area contributed by atoms with Crippen molar-refractivity contribution < 1.29 is 0 Å². The Kier molecular flexibility index (Phi) is 2.99. The Morgan fingerprint density at radius 3 is 2.33 bits per heavy atom. The minimum atomic E-state index is 0.195. The van der Waals surface area contributed by atoms with E-state index in [4.69, 9.17) is 16.1 Å². The predicted octanol–water partition coefficient (Wildman–Crippen LogP) is 1.13. The monoisotopic (exact) mass is 121 g/mol. The Morgan fingerprint density at radius 2 is 2.22 bits per heavy atom. The summed E-state index contributed by atoms with van der Waals surface area (Å²) in [5.41, 5.74) is 0.436. The van der Waals surface area contributed by atoms with Crippen LogP contribution in [0.2, 0.25) is 0 Å². The standard InChI is InChI=1S/C6H7N3/c1-5(9)6(4-8)2-3-7/h2-3,7,9H,1H3/b6-2-,7-3?,9-5?. The lowest BCUT2D eigenvalue weighted by Gasteiger charge is -1.86. The molecule has 0 radical (unpaired) electrons. The van der Waals surface area contributed by atoms with Crippen LogP contribution in [-0.4, -0.2) is 11.9 Å². The molecular weight excluding hydrogens is 114 g/mol. The molecule has 0 aromatic heterocycles. The predicted molar refractivity (Wildman–Crippen MR) is 35.9 cm³/mol. The van der Waals surface area contributed by atoms with Gasteiger partial charge in [0.15, 0.2) is 0 Å². The molecule has 0 bridgehead atoms. The van der Waals surface area contributed by atoms with Crippen molar-refractivity contribution in [2.75, 3.05) is 0 Å². The molecular formula is C6H7N3. The van der Waals surface area contributed by atoms with Gasteiger partial charge >= 0.3 is 0 Å². The molecule has 0 spiro atoms. The summed E-state index contributed by atoms with van der Waals surface area (Å²) in [6, 6.07) is 1.79. The first-order chi connectivity index (χ1) is 4.22. The van der Waals surface area contributed by atoms with Gasteiger partial charge in [-0.25, -0.2) is 0 Å². The largest absolute Gasteiger partial charge is 0.309 e. The van der Waals surface area contributed by atoms with Gasteiger partial charge < -0.3 is 10.8 Å². The third-order valence-electron chi connectivity index (χ3n) is 0.774. The molecule has 0 saturated carbocycles. The van der Waals surface area contributed by atoms with Crippen LogP contribution < -0.4 is 0 Å². The van der Waals surface area contributed by atoms with E-state index in [0.29, 0.717) is 0 Å². The minimum absolute atomic E-state index is 0.195. The molecule has 0 aliphatic carbocycles. The molecule has 2 N–H and O–H groups in total. The lowest BCUT2D eigenvalue weighted by molar-refractivity contribution is 1.44. The first kappa shape index (κ1) is 7.57. The molecule has 0 unspecified atom stereocenters. The number of rotatable bonds is 2. The molecule has 0 aromatic carbocycles. The lowest BCUT2D eigenvalue weighted by Crippen LogP contribution is -1.91. The SMILES string of the molecule is CC(=N)/C(C#N)=C\C=N. The average Bonchev–Trinajstić information content (AvgIpc) is 1.82. The summed E-state index contributed by atoms with van der Waals surface area (Å²) in [7, 11) is 0. The fourth-order valence-corrected chi connectivity index (χ4v) is 0.329. The van der Waals surface area contributed by atoms with Crippen molar-refractivity contribution >= 4 is 11.9 Å². The Hall–Kier alpha value is -1.43. The third-order valence-corrected chi connectivity index (χ3v) is 0.774. The van der Waals surface area contributed by atoms with Crippen molar-refractivity contribution in [2.24, 2.45) is 0 Å². The summed E-state index contributed by atoms with van der Waals surface area (Å²) in [4.78, 5) is 0. The van der Waals surface area contributed by atoms with Crippen molar-refractivity contribution in [3.8, 4) is 6.07 Å². The molecule has 3 heteroatoms. The van der Waals surface area contributed by atoms with E-state index in [9.17, 15) is 0 Å². The Bertz CT molecular complexity index is 195. The van der Waals surface area contributed by atoms with Gasteiger partial charge in [0.2, 0.25) is 0 Å². The Morgan fingerprint density at radius 1 is 1.67 bits per heavy atom. The normalized spacial score (nSPS) is 10.0. The van der Waals surface area contributed by atoms with Crippen molar-refractivity contribution in [1.82, 2.24) is 0 Å². The number of nitrogens with one attached hydrogen (secondary N) is 2. The van der Waals surface area contributed by atoms with Crippen LogP contribution in [0.3, 0.4) is 0 Å². The molecule has 0 saturated heterocycles. The van der Waals surface area contributed by atoms with E-state index in [1.165, 1.54) is 13.0 Å². The summed E-state index contributed by atoms with van der Waals surface area (Å²) in [6.07, 6.45) is 2.29. The fraction of sp³-hybridized carbons (Fsp3) is 0.167. The van der Waals surface area contributed by atoms with Crippen LogP contribution in [0.1, 0.15) is 6.92 Å². The van der Waals surface area contributed by atoms with Crippen LogP contribution in [-0.2, 0) is 0 Å². The van der Waals surface area contributed by atoms with Gasteiger partial charge in [0.05, 0.1) is 5.57 Å². The smallest absolute Gasteiger partial charge is 0.101 e. The van der Waals surface area contributed by atoms with Crippen molar-refractivity contribution in [1.29, 1.82) is 16.1 Å². The van der Waals surface area contributed by atoms with Crippen LogP contribution in [0.4, 0.5) is 0 Å². The summed E-state index contributed by atoms with van der Waals surface area (Å²) in [5, 5.41) is 21.8. The van der Waals surface area contributed by atoms with Crippen molar-refractivity contribution in [3.63, 3.8) is 0 Å². The van der Waals surface area contributed by atoms with E-state index < -0.39 is 0 Å².